The summed E-state index contributed by atoms with van der Waals surface area (Å²) in [5, 5.41) is 3.15. The Balaban J connectivity index is 2.52. The Morgan fingerprint density at radius 2 is 1.68 bits per heavy atom. The van der Waals surface area contributed by atoms with Crippen LogP contribution in [0.2, 0.25) is 0 Å². The Morgan fingerprint density at radius 1 is 1.00 bits per heavy atom. The number of hydrogen-bond donors (Lipinski definition) is 1. The zero-order chi connectivity index (χ0) is 14.1. The second kappa shape index (κ2) is 8.96. The maximum atomic E-state index is 5.44. The quantitative estimate of drug-likeness (QED) is 0.678. The van der Waals surface area contributed by atoms with Crippen molar-refractivity contribution in [2.45, 2.75) is 26.7 Å². The van der Waals surface area contributed by atoms with Gasteiger partial charge in [0.2, 0.25) is 0 Å². The predicted molar refractivity (Wildman–Crippen MR) is 75.5 cm³/mol. The lowest BCUT2D eigenvalue weighted by atomic mass is 10.1. The van der Waals surface area contributed by atoms with Crippen LogP contribution in [0, 0.1) is 13.8 Å². The van der Waals surface area contributed by atoms with Crippen LogP contribution < -0.4 is 5.32 Å². The van der Waals surface area contributed by atoms with Crippen LogP contribution in [0.5, 0.6) is 0 Å². The molecular weight excluding hydrogens is 242 g/mol. The summed E-state index contributed by atoms with van der Waals surface area (Å²) in [7, 11) is 3.63. The molecule has 0 spiro atoms. The highest BCUT2D eigenvalue weighted by Gasteiger charge is 2.08. The second-order valence-corrected chi connectivity index (χ2v) is 4.50. The summed E-state index contributed by atoms with van der Waals surface area (Å²) in [4.78, 5) is 9.11. The van der Waals surface area contributed by atoms with Crippen LogP contribution in [0.15, 0.2) is 0 Å². The number of nitrogens with zero attached hydrogens (tertiary/aromatic N) is 2. The van der Waals surface area contributed by atoms with Crippen molar-refractivity contribution in [1.29, 1.82) is 0 Å². The number of methoxy groups -OCH3 is 1. The van der Waals surface area contributed by atoms with E-state index in [1.807, 2.05) is 7.05 Å². The molecule has 0 atom stereocenters. The van der Waals surface area contributed by atoms with Crippen LogP contribution >= 0.6 is 0 Å². The largest absolute Gasteiger partial charge is 0.382 e. The molecule has 0 unspecified atom stereocenters. The molecule has 0 bridgehead atoms. The third kappa shape index (κ3) is 5.63. The molecule has 0 fully saturated rings. The molecule has 1 rings (SSSR count). The predicted octanol–water partition coefficient (Wildman–Crippen LogP) is 1.06. The highest BCUT2D eigenvalue weighted by atomic mass is 16.5. The van der Waals surface area contributed by atoms with Gasteiger partial charge in [-0.25, -0.2) is 9.97 Å². The number of likely N-dealkylation sites (N-methyl/N-ethyl adjacent to an activating group) is 1. The van der Waals surface area contributed by atoms with Crippen molar-refractivity contribution < 1.29 is 9.47 Å². The van der Waals surface area contributed by atoms with E-state index < -0.39 is 0 Å². The molecule has 0 amide bonds. The topological polar surface area (TPSA) is 56.3 Å². The molecule has 0 aromatic carbocycles. The Labute approximate surface area is 115 Å². The molecule has 1 aromatic heterocycles. The summed E-state index contributed by atoms with van der Waals surface area (Å²) in [6.45, 7) is 6.93. The molecule has 0 radical (unpaired) electrons. The summed E-state index contributed by atoms with van der Waals surface area (Å²) in [5.74, 6) is 0.862. The number of rotatable bonds is 9. The molecule has 1 aromatic rings. The molecule has 0 aliphatic carbocycles. The SMILES string of the molecule is CNCCc1c(C)nc(CCOCCOC)nc1C. The van der Waals surface area contributed by atoms with Crippen LogP contribution in [-0.4, -0.2) is 50.5 Å². The van der Waals surface area contributed by atoms with E-state index >= 15 is 0 Å². The zero-order valence-corrected chi connectivity index (χ0v) is 12.5. The fourth-order valence-corrected chi connectivity index (χ4v) is 1.94. The van der Waals surface area contributed by atoms with Crippen LogP contribution in [0.3, 0.4) is 0 Å². The van der Waals surface area contributed by atoms with Crippen molar-refractivity contribution in [3.63, 3.8) is 0 Å². The molecule has 0 aliphatic rings. The average Bonchev–Trinajstić information content (AvgIpc) is 2.38. The van der Waals surface area contributed by atoms with Crippen LogP contribution in [0.4, 0.5) is 0 Å². The summed E-state index contributed by atoms with van der Waals surface area (Å²) >= 11 is 0. The number of aryl methyl sites for hydroxylation is 2. The van der Waals surface area contributed by atoms with Gasteiger partial charge in [-0.05, 0) is 39.4 Å². The first-order valence-electron chi connectivity index (χ1n) is 6.73. The van der Waals surface area contributed by atoms with Crippen molar-refractivity contribution in [2.24, 2.45) is 0 Å². The number of aromatic nitrogens is 2. The molecule has 5 nitrogen and oxygen atoms in total. The lowest BCUT2D eigenvalue weighted by molar-refractivity contribution is 0.0716. The van der Waals surface area contributed by atoms with Crippen LogP contribution in [0.1, 0.15) is 22.8 Å². The Hall–Kier alpha value is -1.04. The molecule has 19 heavy (non-hydrogen) atoms. The minimum Gasteiger partial charge on any atom is -0.382 e. The first-order chi connectivity index (χ1) is 9.19. The van der Waals surface area contributed by atoms with Gasteiger partial charge in [0.15, 0.2) is 0 Å². The summed E-state index contributed by atoms with van der Waals surface area (Å²) in [6.07, 6.45) is 1.72. The van der Waals surface area contributed by atoms with Crippen molar-refractivity contribution >= 4 is 0 Å². The smallest absolute Gasteiger partial charge is 0.131 e. The molecule has 1 N–H and O–H groups in total. The van der Waals surface area contributed by atoms with Gasteiger partial charge in [0.25, 0.3) is 0 Å². The van der Waals surface area contributed by atoms with E-state index in [2.05, 4.69) is 29.1 Å². The van der Waals surface area contributed by atoms with Gasteiger partial charge in [-0.15, -0.1) is 0 Å². The molecule has 0 saturated heterocycles. The Bertz CT molecular complexity index is 360. The van der Waals surface area contributed by atoms with E-state index in [9.17, 15) is 0 Å². The van der Waals surface area contributed by atoms with Gasteiger partial charge < -0.3 is 14.8 Å². The Morgan fingerprint density at radius 3 is 2.26 bits per heavy atom. The highest BCUT2D eigenvalue weighted by molar-refractivity contribution is 5.24. The highest BCUT2D eigenvalue weighted by Crippen LogP contribution is 2.11. The van der Waals surface area contributed by atoms with E-state index in [0.29, 0.717) is 19.8 Å². The number of ether oxygens (including phenoxy) is 2. The van der Waals surface area contributed by atoms with E-state index in [1.165, 1.54) is 5.56 Å². The standard InChI is InChI=1S/C14H25N3O2/c1-11-13(5-7-15-3)12(2)17-14(16-11)6-8-19-10-9-18-4/h15H,5-10H2,1-4H3. The molecule has 0 saturated carbocycles. The van der Waals surface area contributed by atoms with Crippen molar-refractivity contribution in [1.82, 2.24) is 15.3 Å². The van der Waals surface area contributed by atoms with Crippen molar-refractivity contribution in [2.75, 3.05) is 40.5 Å². The van der Waals surface area contributed by atoms with Gasteiger partial charge in [-0.2, -0.15) is 0 Å². The first kappa shape index (κ1) is 16.0. The van der Waals surface area contributed by atoms with Gasteiger partial charge in [-0.1, -0.05) is 0 Å². The maximum Gasteiger partial charge on any atom is 0.131 e. The van der Waals surface area contributed by atoms with Gasteiger partial charge in [0.1, 0.15) is 5.82 Å². The van der Waals surface area contributed by atoms with Gasteiger partial charge in [0.05, 0.1) is 19.8 Å². The third-order valence-corrected chi connectivity index (χ3v) is 2.99. The van der Waals surface area contributed by atoms with Gasteiger partial charge in [-0.3, -0.25) is 0 Å². The fraction of sp³-hybridized carbons (Fsp3) is 0.714. The van der Waals surface area contributed by atoms with Gasteiger partial charge >= 0.3 is 0 Å². The summed E-state index contributed by atoms with van der Waals surface area (Å²) in [6, 6.07) is 0. The normalized spacial score (nSPS) is 10.9. The molecule has 0 aliphatic heterocycles. The first-order valence-corrected chi connectivity index (χ1v) is 6.73. The number of nitrogens with one attached hydrogen (secondary N) is 1. The second-order valence-electron chi connectivity index (χ2n) is 4.50. The van der Waals surface area contributed by atoms with Crippen molar-refractivity contribution in [3.8, 4) is 0 Å². The fourth-order valence-electron chi connectivity index (χ4n) is 1.94. The van der Waals surface area contributed by atoms with Crippen LogP contribution in [0.25, 0.3) is 0 Å². The van der Waals surface area contributed by atoms with Crippen molar-refractivity contribution in [3.05, 3.63) is 22.8 Å². The van der Waals surface area contributed by atoms with E-state index in [0.717, 1.165) is 36.6 Å². The minimum absolute atomic E-state index is 0.620. The maximum absolute atomic E-state index is 5.44. The van der Waals surface area contributed by atoms with E-state index in [1.54, 1.807) is 7.11 Å². The zero-order valence-electron chi connectivity index (χ0n) is 12.5. The molecule has 5 heteroatoms. The minimum atomic E-state index is 0.620. The summed E-state index contributed by atoms with van der Waals surface area (Å²) < 4.78 is 10.4. The lowest BCUT2D eigenvalue weighted by Gasteiger charge is -2.11. The van der Waals surface area contributed by atoms with E-state index in [-0.39, 0.29) is 0 Å². The van der Waals surface area contributed by atoms with Crippen LogP contribution in [-0.2, 0) is 22.3 Å². The monoisotopic (exact) mass is 267 g/mol. The third-order valence-electron chi connectivity index (χ3n) is 2.99. The molecule has 108 valence electrons. The molecular formula is C14H25N3O2. The van der Waals surface area contributed by atoms with Gasteiger partial charge in [0, 0.05) is 24.9 Å². The van der Waals surface area contributed by atoms with E-state index in [4.69, 9.17) is 9.47 Å². The number of hydrogen-bond acceptors (Lipinski definition) is 5. The average molecular weight is 267 g/mol. The lowest BCUT2D eigenvalue weighted by Crippen LogP contribution is -2.15. The Kier molecular flexibility index (Phi) is 7.55. The summed E-state index contributed by atoms with van der Waals surface area (Å²) in [5.41, 5.74) is 3.41. The molecule has 1 heterocycles.